The van der Waals surface area contributed by atoms with Crippen molar-refractivity contribution in [2.24, 2.45) is 0 Å². The molecule has 124 valence electrons. The number of nitrogens with one attached hydrogen (secondary N) is 1. The molecule has 0 unspecified atom stereocenters. The number of nitrogens with zero attached hydrogens (tertiary/aromatic N) is 1. The summed E-state index contributed by atoms with van der Waals surface area (Å²) in [6, 6.07) is 3.65. The Labute approximate surface area is 139 Å². The average molecular weight is 332 g/mol. The second kappa shape index (κ2) is 5.96. The fourth-order valence-electron chi connectivity index (χ4n) is 2.95. The van der Waals surface area contributed by atoms with Gasteiger partial charge in [0.1, 0.15) is 5.82 Å². The third-order valence-electron chi connectivity index (χ3n) is 4.54. The Morgan fingerprint density at radius 1 is 0.783 bits per heavy atom. The molecule has 2 rings (SSSR count). The molecule has 0 aliphatic heterocycles. The minimum absolute atomic E-state index is 0.359. The number of sulfonamides is 1. The number of hydrogen-bond acceptors (Lipinski definition) is 3. The highest BCUT2D eigenvalue weighted by Crippen LogP contribution is 2.30. The van der Waals surface area contributed by atoms with Crippen LogP contribution in [0.25, 0.3) is 0 Å². The summed E-state index contributed by atoms with van der Waals surface area (Å²) in [6.45, 7) is 13.4. The van der Waals surface area contributed by atoms with E-state index < -0.39 is 10.0 Å². The molecular formula is C18H24N2O2S. The molecule has 2 aromatic rings. The zero-order valence-electron chi connectivity index (χ0n) is 14.8. The fraction of sp³-hybridized carbons (Fsp3) is 0.389. The van der Waals surface area contributed by atoms with E-state index in [1.807, 2.05) is 54.5 Å². The van der Waals surface area contributed by atoms with Gasteiger partial charge in [0.15, 0.2) is 0 Å². The second-order valence-electron chi connectivity index (χ2n) is 6.23. The third-order valence-corrected chi connectivity index (χ3v) is 6.16. The first-order chi connectivity index (χ1) is 10.5. The molecule has 1 heterocycles. The summed E-state index contributed by atoms with van der Waals surface area (Å²) >= 11 is 0. The predicted molar refractivity (Wildman–Crippen MR) is 94.6 cm³/mol. The molecule has 1 aromatic carbocycles. The molecule has 1 N–H and O–H groups in total. The Bertz CT molecular complexity index is 835. The quantitative estimate of drug-likeness (QED) is 0.923. The summed E-state index contributed by atoms with van der Waals surface area (Å²) < 4.78 is 28.5. The van der Waals surface area contributed by atoms with Crippen molar-refractivity contribution >= 4 is 15.8 Å². The Kier molecular flexibility index (Phi) is 4.53. The lowest BCUT2D eigenvalue weighted by atomic mass is 9.95. The van der Waals surface area contributed by atoms with Crippen LogP contribution in [-0.4, -0.2) is 13.4 Å². The molecule has 4 nitrogen and oxygen atoms in total. The molecule has 0 amide bonds. The van der Waals surface area contributed by atoms with Crippen molar-refractivity contribution in [1.82, 2.24) is 4.98 Å². The van der Waals surface area contributed by atoms with E-state index in [1.165, 1.54) is 0 Å². The topological polar surface area (TPSA) is 59.1 Å². The first-order valence-corrected chi connectivity index (χ1v) is 9.08. The number of benzene rings is 1. The van der Waals surface area contributed by atoms with E-state index in [-0.39, 0.29) is 0 Å². The number of anilines is 1. The van der Waals surface area contributed by atoms with Gasteiger partial charge < -0.3 is 0 Å². The summed E-state index contributed by atoms with van der Waals surface area (Å²) in [4.78, 5) is 4.64. The van der Waals surface area contributed by atoms with Crippen molar-refractivity contribution in [3.63, 3.8) is 0 Å². The average Bonchev–Trinajstić information content (AvgIpc) is 2.41. The van der Waals surface area contributed by atoms with Crippen LogP contribution in [0.5, 0.6) is 0 Å². The van der Waals surface area contributed by atoms with Crippen LogP contribution >= 0.6 is 0 Å². The number of hydrogen-bond donors (Lipinski definition) is 1. The van der Waals surface area contributed by atoms with Crippen molar-refractivity contribution in [2.75, 3.05) is 4.72 Å². The van der Waals surface area contributed by atoms with Gasteiger partial charge in [0, 0.05) is 5.69 Å². The molecule has 0 spiro atoms. The SMILES string of the molecule is Cc1cc(C)nc(NS(=O)(=O)c2c(C)c(C)c(C)c(C)c2C)c1. The maximum absolute atomic E-state index is 12.9. The number of rotatable bonds is 3. The zero-order chi connectivity index (χ0) is 17.5. The van der Waals surface area contributed by atoms with E-state index in [0.29, 0.717) is 10.7 Å². The van der Waals surface area contributed by atoms with Crippen LogP contribution in [0.3, 0.4) is 0 Å². The zero-order valence-corrected chi connectivity index (χ0v) is 15.6. The Hall–Kier alpha value is -1.88. The minimum atomic E-state index is -3.68. The number of aromatic nitrogens is 1. The van der Waals surface area contributed by atoms with Gasteiger partial charge in [-0.2, -0.15) is 0 Å². The Morgan fingerprint density at radius 2 is 1.26 bits per heavy atom. The summed E-state index contributed by atoms with van der Waals surface area (Å²) in [6.07, 6.45) is 0. The standard InChI is InChI=1S/C18H24N2O2S/c1-10-8-11(2)19-17(9-10)20-23(21,22)18-15(6)13(4)12(3)14(5)16(18)7/h8-9H,1-7H3,(H,19,20). The molecule has 0 atom stereocenters. The molecule has 0 radical (unpaired) electrons. The van der Waals surface area contributed by atoms with Gasteiger partial charge in [-0.15, -0.1) is 0 Å². The van der Waals surface area contributed by atoms with E-state index in [9.17, 15) is 8.42 Å². The molecule has 23 heavy (non-hydrogen) atoms. The first kappa shape index (κ1) is 17.5. The van der Waals surface area contributed by atoms with Gasteiger partial charge in [0.2, 0.25) is 0 Å². The maximum atomic E-state index is 12.9. The smallest absolute Gasteiger partial charge is 0.263 e. The molecule has 0 saturated heterocycles. The monoisotopic (exact) mass is 332 g/mol. The predicted octanol–water partition coefficient (Wildman–Crippen LogP) is 4.04. The van der Waals surface area contributed by atoms with Crippen LogP contribution in [0.1, 0.15) is 39.1 Å². The van der Waals surface area contributed by atoms with E-state index >= 15 is 0 Å². The summed E-state index contributed by atoms with van der Waals surface area (Å²) in [5, 5.41) is 0. The van der Waals surface area contributed by atoms with Crippen LogP contribution < -0.4 is 4.72 Å². The Morgan fingerprint density at radius 3 is 1.74 bits per heavy atom. The van der Waals surface area contributed by atoms with E-state index in [1.54, 1.807) is 6.07 Å². The van der Waals surface area contributed by atoms with Gasteiger partial charge in [-0.05, 0) is 94.0 Å². The van der Waals surface area contributed by atoms with Crippen molar-refractivity contribution in [2.45, 2.75) is 53.4 Å². The van der Waals surface area contributed by atoms with E-state index in [0.717, 1.165) is 39.1 Å². The van der Waals surface area contributed by atoms with Gasteiger partial charge in [-0.3, -0.25) is 4.72 Å². The summed E-state index contributed by atoms with van der Waals surface area (Å²) in [7, 11) is -3.68. The van der Waals surface area contributed by atoms with Crippen molar-refractivity contribution < 1.29 is 8.42 Å². The summed E-state index contributed by atoms with van der Waals surface area (Å²) in [5.74, 6) is 0.359. The van der Waals surface area contributed by atoms with E-state index in [4.69, 9.17) is 0 Å². The molecule has 0 aliphatic carbocycles. The highest BCUT2D eigenvalue weighted by molar-refractivity contribution is 7.92. The third kappa shape index (κ3) is 3.24. The van der Waals surface area contributed by atoms with Gasteiger partial charge in [0.25, 0.3) is 10.0 Å². The molecular weight excluding hydrogens is 308 g/mol. The summed E-state index contributed by atoms with van der Waals surface area (Å²) in [5.41, 5.74) is 6.52. The van der Waals surface area contributed by atoms with Crippen LogP contribution in [0.15, 0.2) is 17.0 Å². The van der Waals surface area contributed by atoms with E-state index in [2.05, 4.69) is 9.71 Å². The first-order valence-electron chi connectivity index (χ1n) is 7.59. The lowest BCUT2D eigenvalue weighted by Gasteiger charge is -2.19. The van der Waals surface area contributed by atoms with Gasteiger partial charge in [-0.25, -0.2) is 13.4 Å². The molecule has 0 aliphatic rings. The van der Waals surface area contributed by atoms with Crippen LogP contribution in [0.4, 0.5) is 5.82 Å². The number of aryl methyl sites for hydroxylation is 2. The molecule has 0 bridgehead atoms. The van der Waals surface area contributed by atoms with Crippen molar-refractivity contribution in [3.05, 3.63) is 51.2 Å². The van der Waals surface area contributed by atoms with Crippen LogP contribution in [-0.2, 0) is 10.0 Å². The normalized spacial score (nSPS) is 11.6. The lowest BCUT2D eigenvalue weighted by Crippen LogP contribution is -2.18. The second-order valence-corrected chi connectivity index (χ2v) is 7.85. The van der Waals surface area contributed by atoms with Crippen molar-refractivity contribution in [3.8, 4) is 0 Å². The van der Waals surface area contributed by atoms with Gasteiger partial charge in [-0.1, -0.05) is 0 Å². The van der Waals surface area contributed by atoms with Gasteiger partial charge >= 0.3 is 0 Å². The Balaban J connectivity index is 2.61. The largest absolute Gasteiger partial charge is 0.263 e. The van der Waals surface area contributed by atoms with Gasteiger partial charge in [0.05, 0.1) is 4.90 Å². The van der Waals surface area contributed by atoms with Crippen LogP contribution in [0, 0.1) is 48.5 Å². The maximum Gasteiger partial charge on any atom is 0.263 e. The lowest BCUT2D eigenvalue weighted by molar-refractivity contribution is 0.599. The molecule has 0 fully saturated rings. The molecule has 0 saturated carbocycles. The highest BCUT2D eigenvalue weighted by Gasteiger charge is 2.24. The molecule has 5 heteroatoms. The van der Waals surface area contributed by atoms with Crippen molar-refractivity contribution in [1.29, 1.82) is 0 Å². The minimum Gasteiger partial charge on any atom is -0.263 e. The highest BCUT2D eigenvalue weighted by atomic mass is 32.2. The number of pyridine rings is 1. The van der Waals surface area contributed by atoms with Crippen LogP contribution in [0.2, 0.25) is 0 Å². The fourth-order valence-corrected chi connectivity index (χ4v) is 4.55. The molecule has 1 aromatic heterocycles.